The van der Waals surface area contributed by atoms with Gasteiger partial charge in [0.15, 0.2) is 5.69 Å². The van der Waals surface area contributed by atoms with E-state index < -0.39 is 16.6 Å². The van der Waals surface area contributed by atoms with Crippen LogP contribution < -0.4 is 15.0 Å². The highest BCUT2D eigenvalue weighted by Gasteiger charge is 2.25. The Bertz CT molecular complexity index is 1380. The lowest BCUT2D eigenvalue weighted by atomic mass is 9.95. The largest absolute Gasteiger partial charge is 0.492 e. The van der Waals surface area contributed by atoms with Gasteiger partial charge in [-0.25, -0.2) is 4.79 Å². The van der Waals surface area contributed by atoms with Gasteiger partial charge < -0.3 is 20.1 Å². The van der Waals surface area contributed by atoms with E-state index in [0.717, 1.165) is 95.5 Å². The number of hydrogen-bond acceptors (Lipinski definition) is 8. The molecule has 0 aromatic heterocycles. The Morgan fingerprint density at radius 1 is 0.840 bits per heavy atom. The minimum Gasteiger partial charge on any atom is -0.492 e. The van der Waals surface area contributed by atoms with Gasteiger partial charge in [-0.1, -0.05) is 92.9 Å². The summed E-state index contributed by atoms with van der Waals surface area (Å²) in [5.74, 6) is -0.00982. The number of rotatable bonds is 25. The number of carbonyl (C=O) groups excluding carboxylic acids is 1. The normalized spacial score (nSPS) is 13.2. The lowest BCUT2D eigenvalue weighted by Crippen LogP contribution is -2.34. The molecule has 2 rings (SSSR count). The number of ether oxygens (including phenoxy) is 1. The van der Waals surface area contributed by atoms with Crippen LogP contribution in [-0.2, 0) is 4.79 Å². The van der Waals surface area contributed by atoms with Gasteiger partial charge in [-0.3, -0.25) is 14.9 Å². The molecule has 0 saturated heterocycles. The van der Waals surface area contributed by atoms with Crippen LogP contribution in [0.1, 0.15) is 136 Å². The number of nitrogens with one attached hydrogen (secondary N) is 1. The highest BCUT2D eigenvalue weighted by Crippen LogP contribution is 2.42. The van der Waals surface area contributed by atoms with Crippen molar-refractivity contribution < 1.29 is 24.4 Å². The fourth-order valence-electron chi connectivity index (χ4n) is 6.19. The van der Waals surface area contributed by atoms with E-state index in [4.69, 9.17) is 4.74 Å². The summed E-state index contributed by atoms with van der Waals surface area (Å²) in [4.78, 5) is 38.8. The van der Waals surface area contributed by atoms with E-state index in [2.05, 4.69) is 55.1 Å². The molecule has 3 unspecified atom stereocenters. The van der Waals surface area contributed by atoms with Gasteiger partial charge >= 0.3 is 5.97 Å². The fourth-order valence-corrected chi connectivity index (χ4v) is 6.19. The molecule has 0 bridgehead atoms. The molecule has 0 saturated carbocycles. The van der Waals surface area contributed by atoms with Gasteiger partial charge in [0.25, 0.3) is 5.69 Å². The monoisotopic (exact) mass is 695 g/mol. The highest BCUT2D eigenvalue weighted by molar-refractivity contribution is 5.96. The molecule has 0 aliphatic carbocycles. The number of nitrogens with zero attached hydrogens (tertiary/aromatic N) is 4. The number of benzene rings is 2. The third kappa shape index (κ3) is 13.0. The number of aromatic carboxylic acids is 1. The van der Waals surface area contributed by atoms with Crippen LogP contribution in [0.3, 0.4) is 0 Å². The third-order valence-electron chi connectivity index (χ3n) is 9.47. The SMILES string of the molecule is CCCCC(CC)CN(CC(CC)CCCC)c1cc(NC(=O)C(CC)CCCC)c(/N=N/c2ccc(C(=O)O)cc2[N+](=O)[O-])cc1OCC. The van der Waals surface area contributed by atoms with E-state index in [9.17, 15) is 24.8 Å². The Kier molecular flexibility index (Phi) is 19.1. The van der Waals surface area contributed by atoms with Crippen molar-refractivity contribution in [1.29, 1.82) is 0 Å². The number of nitro benzene ring substituents is 1. The zero-order valence-electron chi connectivity index (χ0n) is 31.5. The number of nitro groups is 1. The molecule has 3 atom stereocenters. The second kappa shape index (κ2) is 22.6. The van der Waals surface area contributed by atoms with Crippen LogP contribution in [-0.4, -0.2) is 41.6 Å². The second-order valence-electron chi connectivity index (χ2n) is 13.2. The van der Waals surface area contributed by atoms with Gasteiger partial charge in [0.05, 0.1) is 28.5 Å². The lowest BCUT2D eigenvalue weighted by Gasteiger charge is -2.34. The van der Waals surface area contributed by atoms with Crippen molar-refractivity contribution in [3.63, 3.8) is 0 Å². The molecule has 0 radical (unpaired) electrons. The van der Waals surface area contributed by atoms with Crippen molar-refractivity contribution in [2.75, 3.05) is 29.9 Å². The number of anilines is 2. The summed E-state index contributed by atoms with van der Waals surface area (Å²) in [5.41, 5.74) is 0.822. The summed E-state index contributed by atoms with van der Waals surface area (Å²) in [6.07, 6.45) is 12.3. The van der Waals surface area contributed by atoms with E-state index in [0.29, 0.717) is 42.0 Å². The molecule has 0 fully saturated rings. The van der Waals surface area contributed by atoms with Gasteiger partial charge in [0.1, 0.15) is 11.4 Å². The lowest BCUT2D eigenvalue weighted by molar-refractivity contribution is -0.384. The van der Waals surface area contributed by atoms with E-state index in [-0.39, 0.29) is 23.1 Å². The molecule has 1 amide bonds. The summed E-state index contributed by atoms with van der Waals surface area (Å²) >= 11 is 0. The topological polar surface area (TPSA) is 147 Å². The molecular weight excluding hydrogens is 634 g/mol. The summed E-state index contributed by atoms with van der Waals surface area (Å²) < 4.78 is 6.26. The Morgan fingerprint density at radius 2 is 1.42 bits per heavy atom. The highest BCUT2D eigenvalue weighted by atomic mass is 16.6. The number of carboxylic acid groups (broad SMARTS) is 1. The van der Waals surface area contributed by atoms with Crippen molar-refractivity contribution in [2.45, 2.75) is 126 Å². The van der Waals surface area contributed by atoms with Gasteiger partial charge in [0, 0.05) is 31.1 Å². The van der Waals surface area contributed by atoms with Crippen LogP contribution in [0.2, 0.25) is 0 Å². The van der Waals surface area contributed by atoms with Crippen molar-refractivity contribution in [1.82, 2.24) is 0 Å². The Hall–Kier alpha value is -4.02. The van der Waals surface area contributed by atoms with Gasteiger partial charge in [0.2, 0.25) is 5.91 Å². The zero-order valence-corrected chi connectivity index (χ0v) is 31.5. The maximum Gasteiger partial charge on any atom is 0.335 e. The molecule has 11 nitrogen and oxygen atoms in total. The average molecular weight is 696 g/mol. The van der Waals surface area contributed by atoms with E-state index in [1.165, 1.54) is 12.1 Å². The third-order valence-corrected chi connectivity index (χ3v) is 9.47. The zero-order chi connectivity index (χ0) is 37.1. The Balaban J connectivity index is 2.81. The van der Waals surface area contributed by atoms with Gasteiger partial charge in [-0.2, -0.15) is 0 Å². The standard InChI is InChI=1S/C39H61N5O6/c1-8-15-18-28(11-4)26-43(27-29(12-5)19-16-9-2)36-24-33(40-38(45)30(13-6)20-17-10-3)34(25-37(36)50-14-7)42-41-32-22-21-31(39(46)47)23-35(32)44(48)49/h21-25,28-30H,8-20,26-27H2,1-7H3,(H,40,45)(H,46,47)/b42-41+. The Labute approximate surface area is 299 Å². The summed E-state index contributed by atoms with van der Waals surface area (Å²) in [5, 5.41) is 33.0. The quantitative estimate of drug-likeness (QED) is 0.0596. The molecular formula is C39H61N5O6. The molecule has 2 aromatic rings. The molecule has 0 aliphatic heterocycles. The van der Waals surface area contributed by atoms with E-state index >= 15 is 0 Å². The first-order valence-corrected chi connectivity index (χ1v) is 18.9. The molecule has 2 N–H and O–H groups in total. The second-order valence-corrected chi connectivity index (χ2v) is 13.2. The molecule has 0 aliphatic rings. The number of unbranched alkanes of at least 4 members (excludes halogenated alkanes) is 3. The molecule has 50 heavy (non-hydrogen) atoms. The van der Waals surface area contributed by atoms with Crippen LogP contribution in [0.15, 0.2) is 40.6 Å². The van der Waals surface area contributed by atoms with Crippen LogP contribution in [0, 0.1) is 27.9 Å². The van der Waals surface area contributed by atoms with Gasteiger partial charge in [-0.15, -0.1) is 10.2 Å². The molecule has 278 valence electrons. The van der Waals surface area contributed by atoms with Crippen molar-refractivity contribution in [2.24, 2.45) is 28.0 Å². The minimum atomic E-state index is -1.28. The number of carboxylic acids is 1. The Morgan fingerprint density at radius 3 is 1.92 bits per heavy atom. The maximum absolute atomic E-state index is 13.7. The predicted molar refractivity (Wildman–Crippen MR) is 203 cm³/mol. The molecule has 0 heterocycles. The predicted octanol–water partition coefficient (Wildman–Crippen LogP) is 11.5. The van der Waals surface area contributed by atoms with E-state index in [1.807, 2.05) is 19.9 Å². The van der Waals surface area contributed by atoms with Crippen molar-refractivity contribution in [3.05, 3.63) is 46.0 Å². The summed E-state index contributed by atoms with van der Waals surface area (Å²) in [6.45, 7) is 17.1. The maximum atomic E-state index is 13.7. The number of azo groups is 1. The average Bonchev–Trinajstić information content (AvgIpc) is 3.11. The molecule has 11 heteroatoms. The van der Waals surface area contributed by atoms with Crippen LogP contribution in [0.5, 0.6) is 5.75 Å². The molecule has 2 aromatic carbocycles. The van der Waals surface area contributed by atoms with Crippen LogP contribution in [0.25, 0.3) is 0 Å². The van der Waals surface area contributed by atoms with Crippen LogP contribution >= 0.6 is 0 Å². The number of hydrogen-bond donors (Lipinski definition) is 2. The number of carbonyl (C=O) groups is 2. The van der Waals surface area contributed by atoms with E-state index in [1.54, 1.807) is 6.07 Å². The first-order chi connectivity index (χ1) is 24.1. The fraction of sp³-hybridized carbons (Fsp3) is 0.641. The first kappa shape index (κ1) is 42.1. The van der Waals surface area contributed by atoms with Crippen molar-refractivity contribution in [3.8, 4) is 5.75 Å². The van der Waals surface area contributed by atoms with Crippen LogP contribution in [0.4, 0.5) is 28.4 Å². The first-order valence-electron chi connectivity index (χ1n) is 18.9. The van der Waals surface area contributed by atoms with Gasteiger partial charge in [-0.05, 0) is 62.6 Å². The molecule has 0 spiro atoms. The smallest absolute Gasteiger partial charge is 0.335 e. The minimum absolute atomic E-state index is 0.0984. The summed E-state index contributed by atoms with van der Waals surface area (Å²) in [6, 6.07) is 7.18. The number of amides is 1. The summed E-state index contributed by atoms with van der Waals surface area (Å²) in [7, 11) is 0. The van der Waals surface area contributed by atoms with Crippen molar-refractivity contribution >= 4 is 40.3 Å².